The number of rotatable bonds is 8. The predicted octanol–water partition coefficient (Wildman–Crippen LogP) is 6.63. The highest BCUT2D eigenvalue weighted by Crippen LogP contribution is 2.35. The molecule has 0 radical (unpaired) electrons. The molecule has 0 aromatic heterocycles. The van der Waals surface area contributed by atoms with E-state index in [1.165, 1.54) is 6.08 Å². The number of amides is 1. The van der Waals surface area contributed by atoms with E-state index in [1.807, 2.05) is 43.3 Å². The minimum Gasteiger partial charge on any atom is -0.494 e. The van der Waals surface area contributed by atoms with E-state index < -0.39 is 5.91 Å². The largest absolute Gasteiger partial charge is 0.494 e. The van der Waals surface area contributed by atoms with Crippen LogP contribution in [-0.4, -0.2) is 12.5 Å². The van der Waals surface area contributed by atoms with E-state index >= 15 is 0 Å². The van der Waals surface area contributed by atoms with Crippen molar-refractivity contribution >= 4 is 45.2 Å². The van der Waals surface area contributed by atoms with Crippen LogP contribution >= 0.6 is 27.5 Å². The summed E-state index contributed by atoms with van der Waals surface area (Å²) in [6, 6.07) is 22.0. The predicted molar refractivity (Wildman–Crippen MR) is 130 cm³/mol. The number of benzene rings is 3. The Morgan fingerprint density at radius 2 is 1.91 bits per heavy atom. The van der Waals surface area contributed by atoms with Crippen LogP contribution in [0.2, 0.25) is 5.02 Å². The lowest BCUT2D eigenvalue weighted by molar-refractivity contribution is -0.112. The van der Waals surface area contributed by atoms with Crippen molar-refractivity contribution in [2.45, 2.75) is 13.5 Å². The van der Waals surface area contributed by atoms with Crippen molar-refractivity contribution in [2.24, 2.45) is 0 Å². The number of carbonyl (C=O) groups is 1. The molecule has 5 nitrogen and oxygen atoms in total. The lowest BCUT2D eigenvalue weighted by atomic mass is 10.1. The van der Waals surface area contributed by atoms with Gasteiger partial charge in [0.1, 0.15) is 24.0 Å². The Hall–Kier alpha value is -3.27. The Labute approximate surface area is 200 Å². The number of ether oxygens (including phenoxy) is 2. The normalized spacial score (nSPS) is 10.9. The number of carbonyl (C=O) groups excluding carboxylic acids is 1. The number of anilines is 1. The van der Waals surface area contributed by atoms with E-state index in [0.29, 0.717) is 45.5 Å². The van der Waals surface area contributed by atoms with Gasteiger partial charge in [0, 0.05) is 11.8 Å². The van der Waals surface area contributed by atoms with Crippen molar-refractivity contribution in [1.82, 2.24) is 0 Å². The second-order valence-corrected chi connectivity index (χ2v) is 7.93. The van der Waals surface area contributed by atoms with Crippen molar-refractivity contribution in [3.63, 3.8) is 0 Å². The molecule has 162 valence electrons. The average molecular weight is 512 g/mol. The van der Waals surface area contributed by atoms with Crippen LogP contribution in [0, 0.1) is 11.3 Å². The lowest BCUT2D eigenvalue weighted by Gasteiger charge is -2.11. The van der Waals surface area contributed by atoms with Crippen LogP contribution in [0.5, 0.6) is 11.5 Å². The van der Waals surface area contributed by atoms with Crippen LogP contribution < -0.4 is 14.8 Å². The maximum atomic E-state index is 12.6. The highest BCUT2D eigenvalue weighted by Gasteiger charge is 2.13. The number of nitrogens with zero attached hydrogens (tertiary/aromatic N) is 1. The Morgan fingerprint density at radius 3 is 2.59 bits per heavy atom. The van der Waals surface area contributed by atoms with Gasteiger partial charge >= 0.3 is 0 Å². The second-order valence-electron chi connectivity index (χ2n) is 6.67. The first-order valence-corrected chi connectivity index (χ1v) is 11.0. The van der Waals surface area contributed by atoms with Crippen LogP contribution in [-0.2, 0) is 11.4 Å². The summed E-state index contributed by atoms with van der Waals surface area (Å²) >= 11 is 9.86. The van der Waals surface area contributed by atoms with Crippen molar-refractivity contribution in [1.29, 1.82) is 5.26 Å². The molecule has 0 aliphatic rings. The number of nitrogens with one attached hydrogen (secondary N) is 1. The van der Waals surface area contributed by atoms with Crippen LogP contribution in [0.25, 0.3) is 6.08 Å². The molecule has 0 unspecified atom stereocenters. The van der Waals surface area contributed by atoms with E-state index in [1.54, 1.807) is 36.4 Å². The van der Waals surface area contributed by atoms with Gasteiger partial charge in [0.05, 0.1) is 16.1 Å². The monoisotopic (exact) mass is 510 g/mol. The molecule has 0 saturated heterocycles. The summed E-state index contributed by atoms with van der Waals surface area (Å²) in [6.45, 7) is 2.76. The van der Waals surface area contributed by atoms with Crippen molar-refractivity contribution < 1.29 is 14.3 Å². The van der Waals surface area contributed by atoms with Gasteiger partial charge in [-0.25, -0.2) is 0 Å². The summed E-state index contributed by atoms with van der Waals surface area (Å²) < 4.78 is 11.9. The summed E-state index contributed by atoms with van der Waals surface area (Å²) in [6.07, 6.45) is 1.47. The Kier molecular flexibility index (Phi) is 8.32. The molecule has 3 rings (SSSR count). The zero-order valence-corrected chi connectivity index (χ0v) is 19.6. The number of hydrogen-bond acceptors (Lipinski definition) is 4. The average Bonchev–Trinajstić information content (AvgIpc) is 2.78. The maximum absolute atomic E-state index is 12.6. The zero-order chi connectivity index (χ0) is 22.9. The third-order valence-electron chi connectivity index (χ3n) is 4.33. The third-order valence-corrected chi connectivity index (χ3v) is 5.20. The van der Waals surface area contributed by atoms with E-state index in [0.717, 1.165) is 5.56 Å². The van der Waals surface area contributed by atoms with E-state index in [-0.39, 0.29) is 5.57 Å². The minimum absolute atomic E-state index is 0.0623. The summed E-state index contributed by atoms with van der Waals surface area (Å²) in [5.74, 6) is 0.593. The molecule has 0 spiro atoms. The van der Waals surface area contributed by atoms with Crippen molar-refractivity contribution in [3.05, 3.63) is 92.9 Å². The summed E-state index contributed by atoms with van der Waals surface area (Å²) in [7, 11) is 0. The Bertz CT molecular complexity index is 1150. The molecule has 1 amide bonds. The molecule has 0 aliphatic heterocycles. The summed E-state index contributed by atoms with van der Waals surface area (Å²) in [5.41, 5.74) is 2.07. The molecule has 0 fully saturated rings. The quantitative estimate of drug-likeness (QED) is 0.272. The fourth-order valence-corrected chi connectivity index (χ4v) is 3.86. The molecule has 3 aromatic carbocycles. The van der Waals surface area contributed by atoms with E-state index in [2.05, 4.69) is 21.2 Å². The van der Waals surface area contributed by atoms with Gasteiger partial charge < -0.3 is 14.8 Å². The van der Waals surface area contributed by atoms with Crippen LogP contribution in [0.3, 0.4) is 0 Å². The molecule has 0 bridgehead atoms. The highest BCUT2D eigenvalue weighted by molar-refractivity contribution is 9.10. The molecule has 7 heteroatoms. The van der Waals surface area contributed by atoms with Gasteiger partial charge in [-0.05, 0) is 64.3 Å². The van der Waals surface area contributed by atoms with Crippen LogP contribution in [0.15, 0.2) is 76.8 Å². The maximum Gasteiger partial charge on any atom is 0.266 e. The SMILES string of the molecule is CCOc1cccc(NC(=O)/C(C#N)=C\c2cc(Cl)c(OCc3ccccc3)c(Br)c2)c1. The Morgan fingerprint density at radius 1 is 1.12 bits per heavy atom. The number of hydrogen-bond donors (Lipinski definition) is 1. The van der Waals surface area contributed by atoms with Crippen molar-refractivity contribution in [2.75, 3.05) is 11.9 Å². The van der Waals surface area contributed by atoms with Gasteiger partial charge in [-0.3, -0.25) is 4.79 Å². The first-order valence-electron chi connectivity index (χ1n) is 9.82. The summed E-state index contributed by atoms with van der Waals surface area (Å²) in [4.78, 5) is 12.6. The molecular formula is C25H20BrClN2O3. The van der Waals surface area contributed by atoms with Gasteiger partial charge in [-0.2, -0.15) is 5.26 Å². The molecule has 3 aromatic rings. The summed E-state index contributed by atoms with van der Waals surface area (Å²) in [5, 5.41) is 12.6. The van der Waals surface area contributed by atoms with Crippen LogP contribution in [0.4, 0.5) is 5.69 Å². The second kappa shape index (κ2) is 11.4. The zero-order valence-electron chi connectivity index (χ0n) is 17.3. The molecular weight excluding hydrogens is 492 g/mol. The van der Waals surface area contributed by atoms with Gasteiger partial charge in [0.2, 0.25) is 0 Å². The molecule has 1 N–H and O–H groups in total. The van der Waals surface area contributed by atoms with Crippen molar-refractivity contribution in [3.8, 4) is 17.6 Å². The molecule has 0 heterocycles. The number of nitriles is 1. The first-order chi connectivity index (χ1) is 15.5. The van der Waals surface area contributed by atoms with Crippen LogP contribution in [0.1, 0.15) is 18.1 Å². The lowest BCUT2D eigenvalue weighted by Crippen LogP contribution is -2.13. The smallest absolute Gasteiger partial charge is 0.266 e. The standard InChI is InChI=1S/C25H20BrClN2O3/c1-2-31-21-10-6-9-20(14-21)29-25(30)19(15-28)11-18-12-22(26)24(23(27)13-18)32-16-17-7-4-3-5-8-17/h3-14H,2,16H2,1H3,(H,29,30)/b19-11-. The van der Waals surface area contributed by atoms with Gasteiger partial charge in [-0.15, -0.1) is 0 Å². The highest BCUT2D eigenvalue weighted by atomic mass is 79.9. The van der Waals surface area contributed by atoms with Gasteiger partial charge in [-0.1, -0.05) is 48.0 Å². The topological polar surface area (TPSA) is 71.3 Å². The minimum atomic E-state index is -0.530. The third kappa shape index (κ3) is 6.36. The molecule has 0 atom stereocenters. The van der Waals surface area contributed by atoms with Gasteiger partial charge in [0.25, 0.3) is 5.91 Å². The molecule has 0 saturated carbocycles. The Balaban J connectivity index is 1.75. The molecule has 0 aliphatic carbocycles. The molecule has 32 heavy (non-hydrogen) atoms. The van der Waals surface area contributed by atoms with E-state index in [9.17, 15) is 10.1 Å². The first kappa shape index (κ1) is 23.4. The van der Waals surface area contributed by atoms with Gasteiger partial charge in [0.15, 0.2) is 5.75 Å². The van der Waals surface area contributed by atoms with E-state index in [4.69, 9.17) is 21.1 Å². The number of halogens is 2. The fourth-order valence-electron chi connectivity index (χ4n) is 2.87. The fraction of sp³-hybridized carbons (Fsp3) is 0.120.